The number of amides is 2. The number of nitrogens with zero attached hydrogens (tertiary/aromatic N) is 2. The number of carbonyl (C=O) groups excluding carboxylic acids is 2. The molecule has 0 unspecified atom stereocenters. The van der Waals surface area contributed by atoms with E-state index in [2.05, 4.69) is 13.8 Å². The van der Waals surface area contributed by atoms with Crippen LogP contribution in [0.15, 0.2) is 30.3 Å². The Morgan fingerprint density at radius 1 is 1.00 bits per heavy atom. The molecule has 1 aromatic rings. The summed E-state index contributed by atoms with van der Waals surface area (Å²) in [6.45, 7) is 11.8. The van der Waals surface area contributed by atoms with Crippen molar-refractivity contribution < 1.29 is 9.59 Å². The first kappa shape index (κ1) is 20.2. The minimum Gasteiger partial charge on any atom is -0.342 e. The second-order valence-electron chi connectivity index (χ2n) is 7.04. The summed E-state index contributed by atoms with van der Waals surface area (Å²) in [6, 6.07) is 10.2. The number of carbonyl (C=O) groups is 2. The van der Waals surface area contributed by atoms with E-state index in [9.17, 15) is 9.59 Å². The molecule has 0 bridgehead atoms. The van der Waals surface area contributed by atoms with Crippen molar-refractivity contribution in [1.29, 1.82) is 0 Å². The third kappa shape index (κ3) is 7.16. The molecule has 0 spiro atoms. The van der Waals surface area contributed by atoms with Crippen molar-refractivity contribution >= 4 is 11.8 Å². The zero-order chi connectivity index (χ0) is 18.1. The minimum absolute atomic E-state index is 0.0441. The van der Waals surface area contributed by atoms with Crippen LogP contribution in [0.3, 0.4) is 0 Å². The molecule has 0 saturated carbocycles. The van der Waals surface area contributed by atoms with E-state index in [1.807, 2.05) is 49.1 Å². The van der Waals surface area contributed by atoms with E-state index in [0.29, 0.717) is 25.4 Å². The normalized spacial score (nSPS) is 11.0. The Balaban J connectivity index is 2.62. The van der Waals surface area contributed by atoms with Crippen LogP contribution < -0.4 is 0 Å². The molecular weight excluding hydrogens is 300 g/mol. The van der Waals surface area contributed by atoms with Crippen LogP contribution in [0.25, 0.3) is 0 Å². The molecule has 0 radical (unpaired) electrons. The third-order valence-electron chi connectivity index (χ3n) is 4.16. The zero-order valence-electron chi connectivity index (χ0n) is 15.8. The van der Waals surface area contributed by atoms with Crippen LogP contribution in [0, 0.1) is 5.92 Å². The molecule has 0 atom stereocenters. The summed E-state index contributed by atoms with van der Waals surface area (Å²) in [5.74, 6) is 0.694. The van der Waals surface area contributed by atoms with Crippen molar-refractivity contribution in [3.05, 3.63) is 35.9 Å². The molecule has 24 heavy (non-hydrogen) atoms. The van der Waals surface area contributed by atoms with Gasteiger partial charge in [0.1, 0.15) is 0 Å². The molecule has 0 aliphatic heterocycles. The van der Waals surface area contributed by atoms with Crippen molar-refractivity contribution in [3.63, 3.8) is 0 Å². The van der Waals surface area contributed by atoms with Gasteiger partial charge in [0, 0.05) is 39.0 Å². The van der Waals surface area contributed by atoms with Crippen molar-refractivity contribution in [3.8, 4) is 0 Å². The summed E-state index contributed by atoms with van der Waals surface area (Å²) in [5.41, 5.74) is 1.13. The first-order valence-corrected chi connectivity index (χ1v) is 8.90. The van der Waals surface area contributed by atoms with Crippen LogP contribution in [0.2, 0.25) is 0 Å². The highest BCUT2D eigenvalue weighted by Gasteiger charge is 2.19. The highest BCUT2D eigenvalue weighted by molar-refractivity contribution is 5.78. The minimum atomic E-state index is 0.0441. The fraction of sp³-hybridized carbons (Fsp3) is 0.600. The molecule has 0 fully saturated rings. The highest BCUT2D eigenvalue weighted by Crippen LogP contribution is 2.11. The van der Waals surface area contributed by atoms with E-state index in [4.69, 9.17) is 0 Å². The summed E-state index contributed by atoms with van der Waals surface area (Å²) in [7, 11) is 0. The first-order valence-electron chi connectivity index (χ1n) is 8.90. The first-order chi connectivity index (χ1) is 11.3. The van der Waals surface area contributed by atoms with E-state index < -0.39 is 0 Å². The molecular formula is C20H32N2O2. The molecule has 0 N–H and O–H groups in total. The van der Waals surface area contributed by atoms with Gasteiger partial charge < -0.3 is 9.80 Å². The second kappa shape index (κ2) is 10.1. The summed E-state index contributed by atoms with van der Waals surface area (Å²) < 4.78 is 0. The third-order valence-corrected chi connectivity index (χ3v) is 4.16. The maximum atomic E-state index is 12.6. The molecule has 134 valence electrons. The molecule has 0 heterocycles. The zero-order valence-corrected chi connectivity index (χ0v) is 15.8. The van der Waals surface area contributed by atoms with E-state index in [1.54, 1.807) is 11.8 Å². The van der Waals surface area contributed by atoms with Crippen LogP contribution in [-0.2, 0) is 16.1 Å². The fourth-order valence-electron chi connectivity index (χ4n) is 2.55. The van der Waals surface area contributed by atoms with Gasteiger partial charge in [-0.1, -0.05) is 44.2 Å². The predicted molar refractivity (Wildman–Crippen MR) is 98.5 cm³/mol. The average Bonchev–Trinajstić information content (AvgIpc) is 2.52. The molecule has 0 aromatic heterocycles. The number of benzene rings is 1. The molecule has 4 nitrogen and oxygen atoms in total. The molecule has 0 aliphatic rings. The summed E-state index contributed by atoms with van der Waals surface area (Å²) >= 11 is 0. The van der Waals surface area contributed by atoms with Crippen LogP contribution in [0.1, 0.15) is 53.0 Å². The van der Waals surface area contributed by atoms with E-state index in [1.165, 1.54) is 0 Å². The fourth-order valence-corrected chi connectivity index (χ4v) is 2.55. The Labute approximate surface area is 146 Å². The smallest absolute Gasteiger partial charge is 0.224 e. The van der Waals surface area contributed by atoms with Crippen molar-refractivity contribution in [2.24, 2.45) is 5.92 Å². The number of rotatable bonds is 9. The maximum absolute atomic E-state index is 12.6. The van der Waals surface area contributed by atoms with Gasteiger partial charge in [-0.15, -0.1) is 0 Å². The molecule has 0 saturated heterocycles. The Morgan fingerprint density at radius 2 is 1.62 bits per heavy atom. The van der Waals surface area contributed by atoms with Crippen LogP contribution >= 0.6 is 0 Å². The van der Waals surface area contributed by atoms with E-state index in [0.717, 1.165) is 18.5 Å². The summed E-state index contributed by atoms with van der Waals surface area (Å²) in [5, 5.41) is 0. The largest absolute Gasteiger partial charge is 0.342 e. The van der Waals surface area contributed by atoms with Gasteiger partial charge in [0.05, 0.1) is 0 Å². The van der Waals surface area contributed by atoms with Gasteiger partial charge >= 0.3 is 0 Å². The van der Waals surface area contributed by atoms with Gasteiger partial charge in [-0.3, -0.25) is 9.59 Å². The van der Waals surface area contributed by atoms with Gasteiger partial charge in [-0.2, -0.15) is 0 Å². The Kier molecular flexibility index (Phi) is 8.51. The number of hydrogen-bond donors (Lipinski definition) is 0. The lowest BCUT2D eigenvalue weighted by atomic mass is 10.1. The standard InChI is InChI=1S/C20H32N2O2/c1-16(2)11-13-21(18(5)23)14-12-20(24)22(17(3)4)15-19-9-7-6-8-10-19/h6-10,16-17H,11-15H2,1-5H3. The highest BCUT2D eigenvalue weighted by atomic mass is 16.2. The monoisotopic (exact) mass is 332 g/mol. The summed E-state index contributed by atoms with van der Waals surface area (Å²) in [4.78, 5) is 28.1. The van der Waals surface area contributed by atoms with E-state index >= 15 is 0 Å². The van der Waals surface area contributed by atoms with E-state index in [-0.39, 0.29) is 17.9 Å². The Bertz CT molecular complexity index is 512. The number of hydrogen-bond acceptors (Lipinski definition) is 2. The molecule has 0 aliphatic carbocycles. The Morgan fingerprint density at radius 3 is 2.12 bits per heavy atom. The van der Waals surface area contributed by atoms with Gasteiger partial charge in [0.15, 0.2) is 0 Å². The molecule has 2 amide bonds. The van der Waals surface area contributed by atoms with Crippen LogP contribution in [-0.4, -0.2) is 40.7 Å². The average molecular weight is 332 g/mol. The van der Waals surface area contributed by atoms with Crippen LogP contribution in [0.5, 0.6) is 0 Å². The lowest BCUT2D eigenvalue weighted by molar-refractivity contribution is -0.135. The van der Waals surface area contributed by atoms with Crippen molar-refractivity contribution in [1.82, 2.24) is 9.80 Å². The van der Waals surface area contributed by atoms with Gasteiger partial charge in [0.2, 0.25) is 11.8 Å². The quantitative estimate of drug-likeness (QED) is 0.692. The van der Waals surface area contributed by atoms with Gasteiger partial charge in [0.25, 0.3) is 0 Å². The molecule has 4 heteroatoms. The Hall–Kier alpha value is -1.84. The second-order valence-corrected chi connectivity index (χ2v) is 7.04. The molecule has 1 aromatic carbocycles. The maximum Gasteiger partial charge on any atom is 0.224 e. The lowest BCUT2D eigenvalue weighted by Crippen LogP contribution is -2.39. The van der Waals surface area contributed by atoms with Crippen molar-refractivity contribution in [2.75, 3.05) is 13.1 Å². The molecule has 1 rings (SSSR count). The van der Waals surface area contributed by atoms with Crippen molar-refractivity contribution in [2.45, 2.75) is 60.0 Å². The lowest BCUT2D eigenvalue weighted by Gasteiger charge is -2.29. The van der Waals surface area contributed by atoms with Gasteiger partial charge in [-0.25, -0.2) is 0 Å². The summed E-state index contributed by atoms with van der Waals surface area (Å²) in [6.07, 6.45) is 1.34. The SMILES string of the molecule is CC(=O)N(CCC(=O)N(Cc1ccccc1)C(C)C)CCC(C)C. The van der Waals surface area contributed by atoms with Gasteiger partial charge in [-0.05, 0) is 31.7 Å². The topological polar surface area (TPSA) is 40.6 Å². The van der Waals surface area contributed by atoms with Crippen LogP contribution in [0.4, 0.5) is 0 Å². The predicted octanol–water partition coefficient (Wildman–Crippen LogP) is 3.71.